The minimum atomic E-state index is -2.42. The van der Waals surface area contributed by atoms with Crippen molar-refractivity contribution in [2.45, 2.75) is 56.0 Å². The van der Waals surface area contributed by atoms with E-state index >= 15 is 4.39 Å². The molecular formula is C33H30F4N6O2. The van der Waals surface area contributed by atoms with Gasteiger partial charge in [-0.2, -0.15) is 9.97 Å². The topological polar surface area (TPSA) is 89.6 Å². The molecule has 4 aromatic rings. The molecule has 5 heterocycles. The average molecular weight is 621 g/mol. The van der Waals surface area contributed by atoms with Crippen LogP contribution in [-0.2, 0) is 4.74 Å². The Labute approximate surface area is 259 Å². The second kappa shape index (κ2) is 10.4. The van der Waals surface area contributed by atoms with E-state index in [2.05, 4.69) is 20.9 Å². The molecule has 4 aliphatic rings. The molecule has 2 aromatic heterocycles. The average Bonchev–Trinajstić information content (AvgIpc) is 3.60. The number of nitrogens with two attached hydrogens (primary N) is 1. The number of rotatable bonds is 5. The summed E-state index contributed by atoms with van der Waals surface area (Å²) in [6.07, 6.45) is 8.15. The van der Waals surface area contributed by atoms with Crippen LogP contribution in [-0.4, -0.2) is 76.5 Å². The Bertz CT molecular complexity index is 2010. The molecule has 4 fully saturated rings. The Morgan fingerprint density at radius 3 is 2.89 bits per heavy atom. The van der Waals surface area contributed by atoms with E-state index in [1.165, 1.54) is 18.3 Å². The van der Waals surface area contributed by atoms with Gasteiger partial charge in [0.25, 0.3) is 0 Å². The maximum atomic E-state index is 16.9. The van der Waals surface area contributed by atoms with Crippen molar-refractivity contribution in [1.82, 2.24) is 19.9 Å². The van der Waals surface area contributed by atoms with E-state index in [1.807, 2.05) is 4.90 Å². The van der Waals surface area contributed by atoms with E-state index in [-0.39, 0.29) is 63.7 Å². The number of alkyl halides is 1. The summed E-state index contributed by atoms with van der Waals surface area (Å²) < 4.78 is 90.7. The van der Waals surface area contributed by atoms with Crippen molar-refractivity contribution in [3.8, 4) is 29.6 Å². The van der Waals surface area contributed by atoms with Crippen LogP contribution >= 0.6 is 0 Å². The maximum Gasteiger partial charge on any atom is 0.319 e. The number of pyridine rings is 1. The molecule has 45 heavy (non-hydrogen) atoms. The Morgan fingerprint density at radius 2 is 2.04 bits per heavy atom. The zero-order valence-corrected chi connectivity index (χ0v) is 24.1. The third-order valence-corrected chi connectivity index (χ3v) is 9.38. The summed E-state index contributed by atoms with van der Waals surface area (Å²) in [6, 6.07) is 3.25. The number of anilines is 2. The van der Waals surface area contributed by atoms with Crippen molar-refractivity contribution in [2.75, 3.05) is 43.4 Å². The van der Waals surface area contributed by atoms with Crippen molar-refractivity contribution in [2.24, 2.45) is 0 Å². The fourth-order valence-corrected chi connectivity index (χ4v) is 7.27. The standard InChI is InChI=1S/C33H30F4N6O2/c1-2-20-26-17(10-23(35)27(20)36)9-19(38)11-21(26)29-28(37)30-22(14-39-29)31(43-7-4-8-44-25-12-24(25)43)41-32(40-30)45-16-33-5-3-6-42(33)15-18(34)13-33/h1,9-11,14,18,24-25H,3-8,12-13,15-16,38H2/t18-,24-,25+,33+/m1/s1/i16D2. The first kappa shape index (κ1) is 26.1. The number of aromatic nitrogens is 3. The van der Waals surface area contributed by atoms with Gasteiger partial charge in [0.15, 0.2) is 17.5 Å². The zero-order chi connectivity index (χ0) is 32.8. The highest BCUT2D eigenvalue weighted by Crippen LogP contribution is 2.43. The number of fused-ring (bicyclic) bond motifs is 4. The molecule has 0 spiro atoms. The molecule has 4 atom stereocenters. The number of nitrogens with zero attached hydrogens (tertiary/aromatic N) is 5. The smallest absolute Gasteiger partial charge is 0.319 e. The molecule has 0 radical (unpaired) electrons. The fraction of sp³-hybridized carbons (Fsp3) is 0.424. The van der Waals surface area contributed by atoms with Crippen LogP contribution in [0.4, 0.5) is 29.1 Å². The van der Waals surface area contributed by atoms with E-state index in [4.69, 9.17) is 24.4 Å². The van der Waals surface area contributed by atoms with E-state index in [9.17, 15) is 13.2 Å². The first-order valence-corrected chi connectivity index (χ1v) is 15.0. The quantitative estimate of drug-likeness (QED) is 0.186. The first-order chi connectivity index (χ1) is 22.5. The second-order valence-corrected chi connectivity index (χ2v) is 12.2. The maximum absolute atomic E-state index is 16.9. The van der Waals surface area contributed by atoms with Gasteiger partial charge in [0.2, 0.25) is 0 Å². The van der Waals surface area contributed by atoms with Gasteiger partial charge >= 0.3 is 6.01 Å². The van der Waals surface area contributed by atoms with Crippen LogP contribution < -0.4 is 15.4 Å². The molecular weight excluding hydrogens is 588 g/mol. The number of terminal acetylenes is 1. The van der Waals surface area contributed by atoms with Crippen LogP contribution in [0.15, 0.2) is 24.4 Å². The molecule has 232 valence electrons. The summed E-state index contributed by atoms with van der Waals surface area (Å²) in [5, 5.41) is 0.433. The third-order valence-electron chi connectivity index (χ3n) is 9.38. The number of nitrogen functional groups attached to an aromatic ring is 1. The molecule has 0 bridgehead atoms. The predicted octanol–water partition coefficient (Wildman–Crippen LogP) is 5.15. The van der Waals surface area contributed by atoms with Crippen LogP contribution in [0.3, 0.4) is 0 Å². The van der Waals surface area contributed by atoms with Gasteiger partial charge in [-0.1, -0.05) is 5.92 Å². The van der Waals surface area contributed by atoms with Crippen molar-refractivity contribution in [3.05, 3.63) is 47.4 Å². The molecule has 1 aliphatic carbocycles. The summed E-state index contributed by atoms with van der Waals surface area (Å²) in [4.78, 5) is 17.2. The minimum Gasteiger partial charge on any atom is -0.461 e. The number of benzene rings is 2. The van der Waals surface area contributed by atoms with Crippen LogP contribution in [0.25, 0.3) is 32.9 Å². The lowest BCUT2D eigenvalue weighted by atomic mass is 9.95. The molecule has 3 saturated heterocycles. The minimum absolute atomic E-state index is 0.0232. The van der Waals surface area contributed by atoms with Gasteiger partial charge in [0.05, 0.1) is 31.4 Å². The van der Waals surface area contributed by atoms with Crippen molar-refractivity contribution in [3.63, 3.8) is 0 Å². The monoisotopic (exact) mass is 620 g/mol. The molecule has 12 heteroatoms. The Balaban J connectivity index is 1.32. The van der Waals surface area contributed by atoms with Crippen molar-refractivity contribution in [1.29, 1.82) is 0 Å². The first-order valence-electron chi connectivity index (χ1n) is 16.0. The summed E-state index contributed by atoms with van der Waals surface area (Å²) in [6.45, 7) is -0.708. The van der Waals surface area contributed by atoms with Crippen LogP contribution in [0.5, 0.6) is 6.01 Å². The lowest BCUT2D eigenvalue weighted by molar-refractivity contribution is 0.107. The lowest BCUT2D eigenvalue weighted by Gasteiger charge is -2.31. The van der Waals surface area contributed by atoms with Crippen LogP contribution in [0.1, 0.15) is 40.4 Å². The third kappa shape index (κ3) is 4.55. The molecule has 0 amide bonds. The Kier molecular flexibility index (Phi) is 6.03. The molecule has 8 rings (SSSR count). The largest absolute Gasteiger partial charge is 0.461 e. The number of hydrogen-bond donors (Lipinski definition) is 1. The highest BCUT2D eigenvalue weighted by atomic mass is 19.2. The fourth-order valence-electron chi connectivity index (χ4n) is 7.27. The van der Waals surface area contributed by atoms with Gasteiger partial charge < -0.3 is 20.1 Å². The number of hydrogen-bond acceptors (Lipinski definition) is 8. The van der Waals surface area contributed by atoms with Crippen LogP contribution in [0.2, 0.25) is 0 Å². The van der Waals surface area contributed by atoms with Gasteiger partial charge in [0.1, 0.15) is 29.8 Å². The summed E-state index contributed by atoms with van der Waals surface area (Å²) in [5.74, 6) is -0.919. The van der Waals surface area contributed by atoms with Crippen molar-refractivity contribution < 1.29 is 29.8 Å². The number of halogens is 4. The predicted molar refractivity (Wildman–Crippen MR) is 161 cm³/mol. The van der Waals surface area contributed by atoms with E-state index in [1.54, 1.807) is 4.90 Å². The number of ether oxygens (including phenoxy) is 2. The molecule has 3 aliphatic heterocycles. The highest BCUT2D eigenvalue weighted by molar-refractivity contribution is 6.03. The van der Waals surface area contributed by atoms with Gasteiger partial charge in [-0.15, -0.1) is 6.42 Å². The van der Waals surface area contributed by atoms with Gasteiger partial charge in [-0.05, 0) is 55.8 Å². The van der Waals surface area contributed by atoms with Gasteiger partial charge in [-0.25, -0.2) is 17.6 Å². The normalized spacial score (nSPS) is 27.1. The zero-order valence-electron chi connectivity index (χ0n) is 26.1. The van der Waals surface area contributed by atoms with Gasteiger partial charge in [0, 0.05) is 49.0 Å². The Hall–Kier alpha value is -4.21. The summed E-state index contributed by atoms with van der Waals surface area (Å²) in [5.41, 5.74) is 4.12. The summed E-state index contributed by atoms with van der Waals surface area (Å²) in [7, 11) is 0. The molecule has 2 aromatic carbocycles. The highest BCUT2D eigenvalue weighted by Gasteiger charge is 2.50. The second-order valence-electron chi connectivity index (χ2n) is 12.2. The van der Waals surface area contributed by atoms with E-state index in [0.717, 1.165) is 12.5 Å². The van der Waals surface area contributed by atoms with Gasteiger partial charge in [-0.3, -0.25) is 9.88 Å². The van der Waals surface area contributed by atoms with E-state index < -0.39 is 47.3 Å². The summed E-state index contributed by atoms with van der Waals surface area (Å²) >= 11 is 0. The molecule has 0 unspecified atom stereocenters. The molecule has 1 saturated carbocycles. The molecule has 8 nitrogen and oxygen atoms in total. The van der Waals surface area contributed by atoms with E-state index in [0.29, 0.717) is 44.8 Å². The SMILES string of the molecule is [2H]C([2H])(Oc1nc(N2CCCO[C@H]3C[C@H]32)c2cnc(-c3cc(N)cc4cc(F)c(F)c(C#C)c34)c(F)c2n1)[C@@]12CCCN1C[C@H](F)C2. The Morgan fingerprint density at radius 1 is 1.18 bits per heavy atom. The van der Waals surface area contributed by atoms with Crippen molar-refractivity contribution >= 4 is 33.2 Å². The molecule has 2 N–H and O–H groups in total. The van der Waals surface area contributed by atoms with Crippen LogP contribution in [0, 0.1) is 29.8 Å². The lowest BCUT2D eigenvalue weighted by Crippen LogP contribution is -2.43.